The molecule has 18 heavy (non-hydrogen) atoms. The number of benzene rings is 1. The van der Waals surface area contributed by atoms with Gasteiger partial charge in [0.1, 0.15) is 10.7 Å². The van der Waals surface area contributed by atoms with Crippen LogP contribution in [0.2, 0.25) is 0 Å². The van der Waals surface area contributed by atoms with E-state index in [9.17, 15) is 0 Å². The van der Waals surface area contributed by atoms with Crippen LogP contribution in [0.1, 0.15) is 5.69 Å². The van der Waals surface area contributed by atoms with Gasteiger partial charge in [-0.1, -0.05) is 24.3 Å². The standard InChI is InChI=1S/C14H13N3S/c15-7-5-11-9-18-14(17-11)13-12-4-2-1-3-10(12)6-8-16-13/h1-4,6,8-9H,5,7,15H2. The van der Waals surface area contributed by atoms with E-state index in [2.05, 4.69) is 27.5 Å². The lowest BCUT2D eigenvalue weighted by atomic mass is 10.1. The van der Waals surface area contributed by atoms with Gasteiger partial charge in [-0.2, -0.15) is 0 Å². The molecular formula is C14H13N3S. The number of rotatable bonds is 3. The zero-order valence-electron chi connectivity index (χ0n) is 9.84. The third-order valence-corrected chi connectivity index (χ3v) is 3.73. The van der Waals surface area contributed by atoms with Crippen LogP contribution in [0.3, 0.4) is 0 Å². The van der Waals surface area contributed by atoms with Crippen LogP contribution in [0.5, 0.6) is 0 Å². The summed E-state index contributed by atoms with van der Waals surface area (Å²) in [5.41, 5.74) is 7.56. The molecule has 90 valence electrons. The van der Waals surface area contributed by atoms with Crippen molar-refractivity contribution in [3.05, 3.63) is 47.6 Å². The molecule has 0 aliphatic carbocycles. The molecule has 2 heterocycles. The molecule has 0 fully saturated rings. The van der Waals surface area contributed by atoms with Crippen LogP contribution >= 0.6 is 11.3 Å². The molecule has 0 aliphatic heterocycles. The van der Waals surface area contributed by atoms with Crippen molar-refractivity contribution in [3.8, 4) is 10.7 Å². The number of hydrogen-bond acceptors (Lipinski definition) is 4. The van der Waals surface area contributed by atoms with E-state index < -0.39 is 0 Å². The SMILES string of the molecule is NCCc1csc(-c2nccc3ccccc23)n1. The second-order valence-electron chi connectivity index (χ2n) is 4.06. The second-order valence-corrected chi connectivity index (χ2v) is 4.92. The van der Waals surface area contributed by atoms with E-state index in [1.165, 1.54) is 5.39 Å². The van der Waals surface area contributed by atoms with Crippen molar-refractivity contribution in [1.82, 2.24) is 9.97 Å². The largest absolute Gasteiger partial charge is 0.330 e. The maximum atomic E-state index is 5.55. The van der Waals surface area contributed by atoms with Gasteiger partial charge in [-0.3, -0.25) is 4.98 Å². The van der Waals surface area contributed by atoms with E-state index in [1.807, 2.05) is 24.4 Å². The van der Waals surface area contributed by atoms with Crippen LogP contribution in [-0.2, 0) is 6.42 Å². The molecule has 3 nitrogen and oxygen atoms in total. The van der Waals surface area contributed by atoms with Gasteiger partial charge in [-0.05, 0) is 18.0 Å². The highest BCUT2D eigenvalue weighted by molar-refractivity contribution is 7.13. The molecule has 0 saturated heterocycles. The number of pyridine rings is 1. The Labute approximate surface area is 109 Å². The Balaban J connectivity index is 2.12. The lowest BCUT2D eigenvalue weighted by molar-refractivity contribution is 0.936. The van der Waals surface area contributed by atoms with Gasteiger partial charge in [-0.15, -0.1) is 11.3 Å². The molecule has 3 rings (SSSR count). The van der Waals surface area contributed by atoms with E-state index >= 15 is 0 Å². The summed E-state index contributed by atoms with van der Waals surface area (Å²) in [6.45, 7) is 0.631. The first-order valence-electron chi connectivity index (χ1n) is 5.87. The molecular weight excluding hydrogens is 242 g/mol. The van der Waals surface area contributed by atoms with Gasteiger partial charge in [-0.25, -0.2) is 4.98 Å². The molecule has 0 amide bonds. The summed E-state index contributed by atoms with van der Waals surface area (Å²) < 4.78 is 0. The molecule has 2 aromatic heterocycles. The molecule has 0 saturated carbocycles. The summed E-state index contributed by atoms with van der Waals surface area (Å²) in [5, 5.41) is 5.37. The fraction of sp³-hybridized carbons (Fsp3) is 0.143. The molecule has 0 unspecified atom stereocenters. The van der Waals surface area contributed by atoms with Gasteiger partial charge in [0.25, 0.3) is 0 Å². The third-order valence-electron chi connectivity index (χ3n) is 2.83. The highest BCUT2D eigenvalue weighted by Crippen LogP contribution is 2.28. The lowest BCUT2D eigenvalue weighted by Gasteiger charge is -2.01. The van der Waals surface area contributed by atoms with Gasteiger partial charge >= 0.3 is 0 Å². The quantitative estimate of drug-likeness (QED) is 0.783. The smallest absolute Gasteiger partial charge is 0.142 e. The van der Waals surface area contributed by atoms with E-state index in [1.54, 1.807) is 11.3 Å². The number of fused-ring (bicyclic) bond motifs is 1. The van der Waals surface area contributed by atoms with Crippen molar-refractivity contribution < 1.29 is 0 Å². The van der Waals surface area contributed by atoms with Gasteiger partial charge in [0.2, 0.25) is 0 Å². The van der Waals surface area contributed by atoms with Gasteiger partial charge in [0.05, 0.1) is 5.69 Å². The Morgan fingerprint density at radius 3 is 2.94 bits per heavy atom. The minimum atomic E-state index is 0.631. The van der Waals surface area contributed by atoms with E-state index in [4.69, 9.17) is 5.73 Å². The van der Waals surface area contributed by atoms with Crippen LogP contribution in [0.15, 0.2) is 41.9 Å². The molecule has 0 atom stereocenters. The number of thiazole rings is 1. The molecule has 0 radical (unpaired) electrons. The zero-order chi connectivity index (χ0) is 12.4. The summed E-state index contributed by atoms with van der Waals surface area (Å²) in [6.07, 6.45) is 2.66. The van der Waals surface area contributed by atoms with E-state index in [0.29, 0.717) is 6.54 Å². The second kappa shape index (κ2) is 4.84. The van der Waals surface area contributed by atoms with Gasteiger partial charge in [0, 0.05) is 23.4 Å². The molecule has 0 bridgehead atoms. The first kappa shape index (κ1) is 11.3. The van der Waals surface area contributed by atoms with Crippen molar-refractivity contribution in [2.45, 2.75) is 6.42 Å². The average molecular weight is 255 g/mol. The maximum absolute atomic E-state index is 5.55. The highest BCUT2D eigenvalue weighted by Gasteiger charge is 2.09. The van der Waals surface area contributed by atoms with Crippen LogP contribution < -0.4 is 5.73 Å². The summed E-state index contributed by atoms with van der Waals surface area (Å²) >= 11 is 1.63. The molecule has 2 N–H and O–H groups in total. The van der Waals surface area contributed by atoms with E-state index in [-0.39, 0.29) is 0 Å². The topological polar surface area (TPSA) is 51.8 Å². The summed E-state index contributed by atoms with van der Waals surface area (Å²) in [6, 6.07) is 10.3. The molecule has 0 spiro atoms. The van der Waals surface area contributed by atoms with Crippen LogP contribution in [-0.4, -0.2) is 16.5 Å². The number of hydrogen-bond donors (Lipinski definition) is 1. The maximum Gasteiger partial charge on any atom is 0.142 e. The predicted octanol–water partition coefficient (Wildman–Crippen LogP) is 2.86. The summed E-state index contributed by atoms with van der Waals surface area (Å²) in [4.78, 5) is 9.06. The van der Waals surface area contributed by atoms with Gasteiger partial charge in [0.15, 0.2) is 0 Å². The normalized spacial score (nSPS) is 10.9. The Hall–Kier alpha value is -1.78. The number of nitrogens with two attached hydrogens (primary N) is 1. The first-order valence-corrected chi connectivity index (χ1v) is 6.75. The van der Waals surface area contributed by atoms with Crippen molar-refractivity contribution in [3.63, 3.8) is 0 Å². The Morgan fingerprint density at radius 2 is 2.06 bits per heavy atom. The van der Waals surface area contributed by atoms with Crippen molar-refractivity contribution in [2.75, 3.05) is 6.54 Å². The van der Waals surface area contributed by atoms with Crippen molar-refractivity contribution in [1.29, 1.82) is 0 Å². The van der Waals surface area contributed by atoms with Crippen LogP contribution in [0, 0.1) is 0 Å². The Kier molecular flexibility index (Phi) is 3.04. The minimum absolute atomic E-state index is 0.631. The summed E-state index contributed by atoms with van der Waals surface area (Å²) in [7, 11) is 0. The third kappa shape index (κ3) is 2.00. The zero-order valence-corrected chi connectivity index (χ0v) is 10.7. The van der Waals surface area contributed by atoms with Crippen LogP contribution in [0.4, 0.5) is 0 Å². The Bertz CT molecular complexity index is 670. The fourth-order valence-corrected chi connectivity index (χ4v) is 2.83. The summed E-state index contributed by atoms with van der Waals surface area (Å²) in [5.74, 6) is 0. The van der Waals surface area contributed by atoms with Crippen molar-refractivity contribution >= 4 is 22.1 Å². The predicted molar refractivity (Wildman–Crippen MR) is 75.6 cm³/mol. The monoisotopic (exact) mass is 255 g/mol. The van der Waals surface area contributed by atoms with Crippen LogP contribution in [0.25, 0.3) is 21.5 Å². The number of aromatic nitrogens is 2. The Morgan fingerprint density at radius 1 is 1.17 bits per heavy atom. The minimum Gasteiger partial charge on any atom is -0.330 e. The average Bonchev–Trinajstić information content (AvgIpc) is 2.87. The molecule has 3 aromatic rings. The highest BCUT2D eigenvalue weighted by atomic mass is 32.1. The van der Waals surface area contributed by atoms with E-state index in [0.717, 1.165) is 28.2 Å². The lowest BCUT2D eigenvalue weighted by Crippen LogP contribution is -2.02. The molecule has 4 heteroatoms. The van der Waals surface area contributed by atoms with Crippen molar-refractivity contribution in [2.24, 2.45) is 5.73 Å². The molecule has 0 aliphatic rings. The first-order chi connectivity index (χ1) is 8.88. The fourth-order valence-electron chi connectivity index (χ4n) is 1.97. The number of nitrogens with zero attached hydrogens (tertiary/aromatic N) is 2. The van der Waals surface area contributed by atoms with Gasteiger partial charge < -0.3 is 5.73 Å². The molecule has 1 aromatic carbocycles.